The molecule has 1 unspecified atom stereocenters. The third kappa shape index (κ3) is 6.14. The third-order valence-electron chi connectivity index (χ3n) is 4.99. The summed E-state index contributed by atoms with van der Waals surface area (Å²) in [5.74, 6) is -2.09. The molecule has 196 valence electrons. The van der Waals surface area contributed by atoms with Crippen molar-refractivity contribution in [3.8, 4) is 0 Å². The molecular formula is C21H27N5O8S2. The first-order valence-corrected chi connectivity index (χ1v) is 12.7. The molecule has 0 bridgehead atoms. The molecular weight excluding hydrogens is 514 g/mol. The Morgan fingerprint density at radius 2 is 2.06 bits per heavy atom. The highest BCUT2D eigenvalue weighted by molar-refractivity contribution is 8.00. The maximum absolute atomic E-state index is 13.0. The second-order valence-electron chi connectivity index (χ2n) is 8.10. The van der Waals surface area contributed by atoms with Gasteiger partial charge in [0.25, 0.3) is 11.8 Å². The second-order valence-corrected chi connectivity index (χ2v) is 10.1. The number of rotatable bonds is 11. The first-order chi connectivity index (χ1) is 17.2. The number of methoxy groups -OCH3 is 1. The van der Waals surface area contributed by atoms with Gasteiger partial charge in [-0.2, -0.15) is 0 Å². The predicted molar refractivity (Wildman–Crippen MR) is 131 cm³/mol. The number of oxime groups is 1. The molecule has 15 heteroatoms. The highest BCUT2D eigenvalue weighted by Crippen LogP contribution is 2.40. The van der Waals surface area contributed by atoms with Crippen molar-refractivity contribution in [2.75, 3.05) is 39.1 Å². The van der Waals surface area contributed by atoms with Gasteiger partial charge >= 0.3 is 11.9 Å². The maximum atomic E-state index is 13.0. The van der Waals surface area contributed by atoms with Crippen LogP contribution in [0.15, 0.2) is 21.8 Å². The van der Waals surface area contributed by atoms with Crippen molar-refractivity contribution in [3.05, 3.63) is 22.3 Å². The molecule has 2 aliphatic rings. The Morgan fingerprint density at radius 1 is 1.31 bits per heavy atom. The van der Waals surface area contributed by atoms with Crippen molar-refractivity contribution < 1.29 is 38.2 Å². The van der Waals surface area contributed by atoms with E-state index < -0.39 is 42.0 Å². The molecule has 1 aromatic rings. The number of carbonyl (C=O) groups is 4. The van der Waals surface area contributed by atoms with E-state index in [0.29, 0.717) is 11.3 Å². The van der Waals surface area contributed by atoms with E-state index in [1.165, 1.54) is 30.9 Å². The van der Waals surface area contributed by atoms with Crippen molar-refractivity contribution in [2.24, 2.45) is 11.1 Å². The van der Waals surface area contributed by atoms with Gasteiger partial charge in [-0.3, -0.25) is 19.3 Å². The highest BCUT2D eigenvalue weighted by Gasteiger charge is 2.54. The molecule has 0 saturated carbocycles. The Morgan fingerprint density at radius 3 is 2.67 bits per heavy atom. The van der Waals surface area contributed by atoms with Crippen molar-refractivity contribution in [1.82, 2.24) is 15.2 Å². The number of aromatic nitrogens is 1. The van der Waals surface area contributed by atoms with E-state index in [1.54, 1.807) is 5.38 Å². The first-order valence-electron chi connectivity index (χ1n) is 10.8. The van der Waals surface area contributed by atoms with E-state index in [9.17, 15) is 19.2 Å². The molecule has 1 aromatic heterocycles. The molecule has 1 fully saturated rings. The van der Waals surface area contributed by atoms with Crippen LogP contribution in [0.1, 0.15) is 26.0 Å². The summed E-state index contributed by atoms with van der Waals surface area (Å²) in [5, 5.41) is 7.55. The number of carbonyl (C=O) groups excluding carboxylic acids is 4. The average Bonchev–Trinajstić information content (AvgIpc) is 3.25. The zero-order valence-corrected chi connectivity index (χ0v) is 21.8. The lowest BCUT2D eigenvalue weighted by Crippen LogP contribution is -2.71. The van der Waals surface area contributed by atoms with Gasteiger partial charge in [0.05, 0.1) is 6.61 Å². The Labute approximate surface area is 215 Å². The van der Waals surface area contributed by atoms with Crippen molar-refractivity contribution in [1.29, 1.82) is 0 Å². The summed E-state index contributed by atoms with van der Waals surface area (Å²) in [4.78, 5) is 60.5. The summed E-state index contributed by atoms with van der Waals surface area (Å²) in [6.07, 6.45) is 0.182. The van der Waals surface area contributed by atoms with E-state index in [0.717, 1.165) is 11.3 Å². The second kappa shape index (κ2) is 12.2. The minimum Gasteiger partial charge on any atom is -0.428 e. The van der Waals surface area contributed by atoms with Gasteiger partial charge in [-0.25, -0.2) is 9.78 Å². The standard InChI is InChI=1S/C21H27N5O8S2/c1-10(2)5-13(27)33-9-34-20(30)16-11(6-31-3)7-35-19-15(18(29)26(16)19)24-17(28)14(25-32-4)12-8-36-21(22)23-12/h8,10,15,19H,5-7,9H2,1-4H3,(H2,22,23)(H,24,28)/b25-14-/t15?,19-/m1/s1. The van der Waals surface area contributed by atoms with Gasteiger partial charge in [0.15, 0.2) is 10.8 Å². The number of anilines is 1. The molecule has 3 N–H and O–H groups in total. The number of amides is 2. The quantitative estimate of drug-likeness (QED) is 0.131. The van der Waals surface area contributed by atoms with E-state index >= 15 is 0 Å². The fourth-order valence-corrected chi connectivity index (χ4v) is 5.34. The average molecular weight is 542 g/mol. The van der Waals surface area contributed by atoms with Gasteiger partial charge in [0, 0.05) is 24.7 Å². The van der Waals surface area contributed by atoms with Crippen LogP contribution in [0.2, 0.25) is 0 Å². The van der Waals surface area contributed by atoms with Gasteiger partial charge in [0.1, 0.15) is 29.9 Å². The lowest BCUT2D eigenvalue weighted by atomic mass is 10.0. The van der Waals surface area contributed by atoms with Crippen LogP contribution in [-0.2, 0) is 38.2 Å². The molecule has 13 nitrogen and oxygen atoms in total. The number of fused-ring (bicyclic) bond motifs is 1. The first kappa shape index (κ1) is 27.4. The smallest absolute Gasteiger partial charge is 0.358 e. The van der Waals surface area contributed by atoms with Crippen LogP contribution in [0.5, 0.6) is 0 Å². The molecule has 3 heterocycles. The fraction of sp³-hybridized carbons (Fsp3) is 0.524. The monoisotopic (exact) mass is 541 g/mol. The number of thioether (sulfide) groups is 1. The van der Waals surface area contributed by atoms with E-state index in [1.807, 2.05) is 13.8 Å². The number of nitrogen functional groups attached to an aromatic ring is 1. The minimum absolute atomic E-state index is 0.00839. The topological polar surface area (TPSA) is 172 Å². The Bertz CT molecular complexity index is 1090. The van der Waals surface area contributed by atoms with E-state index in [4.69, 9.17) is 24.8 Å². The molecule has 36 heavy (non-hydrogen) atoms. The van der Waals surface area contributed by atoms with Crippen LogP contribution in [-0.4, -0.2) is 84.1 Å². The molecule has 2 aliphatic heterocycles. The van der Waals surface area contributed by atoms with Crippen LogP contribution >= 0.6 is 23.1 Å². The Kier molecular flexibility index (Phi) is 9.28. The highest BCUT2D eigenvalue weighted by atomic mass is 32.2. The SMILES string of the molecule is COCC1=C(C(=O)OCOC(=O)CC(C)C)N2C(=O)C(NC(=O)/C(=N\OC)c3csc(N)n3)[C@H]2SC1. The zero-order chi connectivity index (χ0) is 26.4. The van der Waals surface area contributed by atoms with Crippen LogP contribution in [0.25, 0.3) is 0 Å². The largest absolute Gasteiger partial charge is 0.428 e. The third-order valence-corrected chi connectivity index (χ3v) is 7.01. The Hall–Kier alpha value is -3.17. The predicted octanol–water partition coefficient (Wildman–Crippen LogP) is 0.466. The van der Waals surface area contributed by atoms with Gasteiger partial charge in [-0.15, -0.1) is 23.1 Å². The number of nitrogens with zero attached hydrogens (tertiary/aromatic N) is 3. The molecule has 2 amide bonds. The molecule has 0 aromatic carbocycles. The van der Waals surface area contributed by atoms with Crippen LogP contribution in [0, 0.1) is 5.92 Å². The van der Waals surface area contributed by atoms with E-state index in [-0.39, 0.29) is 41.2 Å². The summed E-state index contributed by atoms with van der Waals surface area (Å²) in [6.45, 7) is 3.22. The molecule has 3 rings (SSSR count). The van der Waals surface area contributed by atoms with Crippen LogP contribution in [0.4, 0.5) is 5.13 Å². The van der Waals surface area contributed by atoms with Gasteiger partial charge < -0.3 is 30.1 Å². The number of thiazole rings is 1. The molecule has 0 aliphatic carbocycles. The molecule has 1 saturated heterocycles. The summed E-state index contributed by atoms with van der Waals surface area (Å²) in [5.41, 5.74) is 6.25. The molecule has 2 atom stereocenters. The number of nitrogens with two attached hydrogens (primary N) is 1. The lowest BCUT2D eigenvalue weighted by molar-refractivity contribution is -0.168. The Balaban J connectivity index is 1.70. The number of esters is 2. The number of hydrogen-bond donors (Lipinski definition) is 2. The van der Waals surface area contributed by atoms with Crippen LogP contribution in [0.3, 0.4) is 0 Å². The zero-order valence-electron chi connectivity index (χ0n) is 20.1. The summed E-state index contributed by atoms with van der Waals surface area (Å²) in [7, 11) is 2.74. The number of ether oxygens (including phenoxy) is 3. The lowest BCUT2D eigenvalue weighted by Gasteiger charge is -2.49. The van der Waals surface area contributed by atoms with E-state index in [2.05, 4.69) is 15.5 Å². The van der Waals surface area contributed by atoms with Crippen molar-refractivity contribution in [3.63, 3.8) is 0 Å². The number of β-lactam (4-membered cyclic amide) rings is 1. The number of nitrogens with one attached hydrogen (secondary N) is 1. The van der Waals surface area contributed by atoms with Crippen LogP contribution < -0.4 is 11.1 Å². The minimum atomic E-state index is -0.934. The van der Waals surface area contributed by atoms with Gasteiger partial charge in [-0.05, 0) is 11.5 Å². The maximum Gasteiger partial charge on any atom is 0.358 e. The normalized spacial score (nSPS) is 19.5. The summed E-state index contributed by atoms with van der Waals surface area (Å²) < 4.78 is 15.2. The van der Waals surface area contributed by atoms with Gasteiger partial charge in [0.2, 0.25) is 6.79 Å². The summed E-state index contributed by atoms with van der Waals surface area (Å²) in [6, 6.07) is -0.934. The molecule has 0 spiro atoms. The molecule has 0 radical (unpaired) electrons. The van der Waals surface area contributed by atoms with Crippen molar-refractivity contribution in [2.45, 2.75) is 31.7 Å². The number of hydrogen-bond acceptors (Lipinski definition) is 13. The summed E-state index contributed by atoms with van der Waals surface area (Å²) >= 11 is 2.47. The van der Waals surface area contributed by atoms with Crippen molar-refractivity contribution >= 4 is 57.7 Å². The fourth-order valence-electron chi connectivity index (χ4n) is 3.47. The van der Waals surface area contributed by atoms with Gasteiger partial charge in [-0.1, -0.05) is 19.0 Å².